The molecule has 0 unspecified atom stereocenters. The Labute approximate surface area is 79.9 Å². The van der Waals surface area contributed by atoms with Crippen molar-refractivity contribution >= 4 is 5.91 Å². The maximum Gasteiger partial charge on any atom is 0.240 e. The molecule has 13 heavy (non-hydrogen) atoms. The third-order valence-electron chi connectivity index (χ3n) is 1.77. The van der Waals surface area contributed by atoms with Crippen LogP contribution in [0.15, 0.2) is 25.3 Å². The first-order chi connectivity index (χ1) is 6.17. The number of amides is 1. The predicted octanol–water partition coefficient (Wildman–Crippen LogP) is 0.924. The largest absolute Gasteiger partial charge is 0.334 e. The molecule has 0 aromatic heterocycles. The molecule has 0 rings (SSSR count). The van der Waals surface area contributed by atoms with Gasteiger partial charge in [0, 0.05) is 13.1 Å². The number of carbonyl (C=O) groups is 1. The maximum atomic E-state index is 11.6. The van der Waals surface area contributed by atoms with Crippen LogP contribution in [0.25, 0.3) is 0 Å². The molecule has 0 aliphatic rings. The highest BCUT2D eigenvalue weighted by molar-refractivity contribution is 5.81. The van der Waals surface area contributed by atoms with E-state index >= 15 is 0 Å². The minimum Gasteiger partial charge on any atom is -0.334 e. The molecular formula is C10H18N2O. The molecule has 0 aliphatic heterocycles. The van der Waals surface area contributed by atoms with Crippen LogP contribution in [-0.4, -0.2) is 29.9 Å². The number of nitrogens with two attached hydrogens (primary N) is 1. The van der Waals surface area contributed by atoms with Crippen LogP contribution in [0.4, 0.5) is 0 Å². The minimum absolute atomic E-state index is 0.0395. The molecule has 1 atom stereocenters. The summed E-state index contributed by atoms with van der Waals surface area (Å²) in [4.78, 5) is 13.2. The zero-order valence-electron chi connectivity index (χ0n) is 8.20. The lowest BCUT2D eigenvalue weighted by molar-refractivity contribution is -0.131. The first-order valence-electron chi connectivity index (χ1n) is 4.43. The van der Waals surface area contributed by atoms with Crippen LogP contribution >= 0.6 is 0 Å². The summed E-state index contributed by atoms with van der Waals surface area (Å²) in [6.07, 6.45) is 4.02. The molecule has 0 saturated carbocycles. The molecule has 0 aliphatic carbocycles. The third kappa shape index (κ3) is 3.90. The van der Waals surface area contributed by atoms with E-state index in [2.05, 4.69) is 13.2 Å². The van der Waals surface area contributed by atoms with Gasteiger partial charge >= 0.3 is 0 Å². The van der Waals surface area contributed by atoms with Crippen molar-refractivity contribution in [1.82, 2.24) is 4.90 Å². The summed E-state index contributed by atoms with van der Waals surface area (Å²) in [5.74, 6) is -0.0395. The van der Waals surface area contributed by atoms with Gasteiger partial charge in [-0.1, -0.05) is 19.1 Å². The minimum atomic E-state index is -0.403. The Kier molecular flexibility index (Phi) is 5.89. The van der Waals surface area contributed by atoms with Gasteiger partial charge in [-0.05, 0) is 6.42 Å². The van der Waals surface area contributed by atoms with Gasteiger partial charge in [0.25, 0.3) is 0 Å². The Morgan fingerprint density at radius 1 is 1.46 bits per heavy atom. The summed E-state index contributed by atoms with van der Waals surface area (Å²) < 4.78 is 0. The highest BCUT2D eigenvalue weighted by atomic mass is 16.2. The lowest BCUT2D eigenvalue weighted by Crippen LogP contribution is -2.43. The molecule has 0 fully saturated rings. The van der Waals surface area contributed by atoms with E-state index in [1.54, 1.807) is 17.1 Å². The summed E-state index contributed by atoms with van der Waals surface area (Å²) in [6, 6.07) is -0.403. The number of hydrogen-bond donors (Lipinski definition) is 1. The van der Waals surface area contributed by atoms with Gasteiger partial charge < -0.3 is 10.6 Å². The Hall–Kier alpha value is -1.09. The van der Waals surface area contributed by atoms with Gasteiger partial charge in [-0.25, -0.2) is 0 Å². The standard InChI is InChI=1S/C10H18N2O/c1-4-7-12(8-5-2)10(13)9(11)6-3/h4-5,9H,1-2,6-8,11H2,3H3/t9-/m1/s1. The van der Waals surface area contributed by atoms with Crippen molar-refractivity contribution in [2.45, 2.75) is 19.4 Å². The van der Waals surface area contributed by atoms with Crippen molar-refractivity contribution in [3.05, 3.63) is 25.3 Å². The second-order valence-electron chi connectivity index (χ2n) is 2.84. The van der Waals surface area contributed by atoms with Gasteiger partial charge in [-0.15, -0.1) is 13.2 Å². The van der Waals surface area contributed by atoms with Crippen molar-refractivity contribution in [3.63, 3.8) is 0 Å². The van der Waals surface area contributed by atoms with Crippen LogP contribution in [-0.2, 0) is 4.79 Å². The van der Waals surface area contributed by atoms with Crippen LogP contribution in [0.1, 0.15) is 13.3 Å². The fourth-order valence-electron chi connectivity index (χ4n) is 0.975. The molecule has 0 heterocycles. The molecule has 0 spiro atoms. The van der Waals surface area contributed by atoms with Gasteiger partial charge in [0.1, 0.15) is 0 Å². The van der Waals surface area contributed by atoms with Crippen LogP contribution in [0.3, 0.4) is 0 Å². The van der Waals surface area contributed by atoms with E-state index in [9.17, 15) is 4.79 Å². The van der Waals surface area contributed by atoms with E-state index in [1.807, 2.05) is 6.92 Å². The van der Waals surface area contributed by atoms with Crippen molar-refractivity contribution < 1.29 is 4.79 Å². The molecule has 2 N–H and O–H groups in total. The smallest absolute Gasteiger partial charge is 0.240 e. The Bertz CT molecular complexity index is 179. The van der Waals surface area contributed by atoms with Crippen LogP contribution in [0, 0.1) is 0 Å². The topological polar surface area (TPSA) is 46.3 Å². The van der Waals surface area contributed by atoms with Crippen molar-refractivity contribution in [1.29, 1.82) is 0 Å². The summed E-state index contributed by atoms with van der Waals surface area (Å²) in [5.41, 5.74) is 5.62. The Morgan fingerprint density at radius 3 is 2.23 bits per heavy atom. The molecule has 0 aromatic carbocycles. The Morgan fingerprint density at radius 2 is 1.92 bits per heavy atom. The molecule has 0 bridgehead atoms. The monoisotopic (exact) mass is 182 g/mol. The highest BCUT2D eigenvalue weighted by Crippen LogP contribution is 1.97. The maximum absolute atomic E-state index is 11.6. The normalized spacial score (nSPS) is 11.8. The van der Waals surface area contributed by atoms with Crippen molar-refractivity contribution in [2.24, 2.45) is 5.73 Å². The highest BCUT2D eigenvalue weighted by Gasteiger charge is 2.16. The second-order valence-corrected chi connectivity index (χ2v) is 2.84. The Balaban J connectivity index is 4.25. The molecule has 0 radical (unpaired) electrons. The number of nitrogens with zero attached hydrogens (tertiary/aromatic N) is 1. The van der Waals surface area contributed by atoms with Crippen LogP contribution < -0.4 is 5.73 Å². The zero-order chi connectivity index (χ0) is 10.3. The molecule has 0 aromatic rings. The first-order valence-corrected chi connectivity index (χ1v) is 4.43. The molecule has 1 amide bonds. The lowest BCUT2D eigenvalue weighted by Gasteiger charge is -2.22. The summed E-state index contributed by atoms with van der Waals surface area (Å²) in [6.45, 7) is 10.1. The number of rotatable bonds is 6. The van der Waals surface area contributed by atoms with Gasteiger partial charge in [0.05, 0.1) is 6.04 Å². The number of carbonyl (C=O) groups excluding carboxylic acids is 1. The van der Waals surface area contributed by atoms with Crippen molar-refractivity contribution in [2.75, 3.05) is 13.1 Å². The van der Waals surface area contributed by atoms with Gasteiger partial charge in [-0.2, -0.15) is 0 Å². The van der Waals surface area contributed by atoms with Gasteiger partial charge in [-0.3, -0.25) is 4.79 Å². The van der Waals surface area contributed by atoms with Gasteiger partial charge in [0.15, 0.2) is 0 Å². The summed E-state index contributed by atoms with van der Waals surface area (Å²) in [5, 5.41) is 0. The van der Waals surface area contributed by atoms with E-state index in [0.29, 0.717) is 19.5 Å². The summed E-state index contributed by atoms with van der Waals surface area (Å²) in [7, 11) is 0. The van der Waals surface area contributed by atoms with E-state index in [4.69, 9.17) is 5.73 Å². The number of hydrogen-bond acceptors (Lipinski definition) is 2. The SMILES string of the molecule is C=CCN(CC=C)C(=O)[C@H](N)CC. The average molecular weight is 182 g/mol. The zero-order valence-corrected chi connectivity index (χ0v) is 8.20. The molecule has 3 heteroatoms. The van der Waals surface area contributed by atoms with E-state index in [-0.39, 0.29) is 5.91 Å². The fourth-order valence-corrected chi connectivity index (χ4v) is 0.975. The molecule has 74 valence electrons. The third-order valence-corrected chi connectivity index (χ3v) is 1.77. The average Bonchev–Trinajstić information content (AvgIpc) is 2.15. The molecule has 0 saturated heterocycles. The lowest BCUT2D eigenvalue weighted by atomic mass is 10.2. The van der Waals surface area contributed by atoms with Gasteiger partial charge in [0.2, 0.25) is 5.91 Å². The fraction of sp³-hybridized carbons (Fsp3) is 0.500. The summed E-state index contributed by atoms with van der Waals surface area (Å²) >= 11 is 0. The first kappa shape index (κ1) is 11.9. The second kappa shape index (κ2) is 6.43. The van der Waals surface area contributed by atoms with Crippen molar-refractivity contribution in [3.8, 4) is 0 Å². The predicted molar refractivity (Wildman–Crippen MR) is 55.2 cm³/mol. The van der Waals surface area contributed by atoms with E-state index < -0.39 is 6.04 Å². The van der Waals surface area contributed by atoms with Crippen LogP contribution in [0.2, 0.25) is 0 Å². The van der Waals surface area contributed by atoms with Crippen LogP contribution in [0.5, 0.6) is 0 Å². The molecule has 3 nitrogen and oxygen atoms in total. The quantitative estimate of drug-likeness (QED) is 0.621. The molecular weight excluding hydrogens is 164 g/mol. The van der Waals surface area contributed by atoms with E-state index in [0.717, 1.165) is 0 Å². The van der Waals surface area contributed by atoms with E-state index in [1.165, 1.54) is 0 Å².